The van der Waals surface area contributed by atoms with Crippen LogP contribution in [0.15, 0.2) is 29.3 Å². The number of aliphatic imine (C=N–C) groups is 1. The van der Waals surface area contributed by atoms with Crippen molar-refractivity contribution in [2.75, 3.05) is 39.4 Å². The number of benzene rings is 1. The Balaban J connectivity index is 1.64. The van der Waals surface area contributed by atoms with Crippen LogP contribution in [-0.4, -0.2) is 55.2 Å². The van der Waals surface area contributed by atoms with Crippen molar-refractivity contribution in [2.45, 2.75) is 33.4 Å². The normalized spacial score (nSPS) is 26.0. The molecule has 2 heterocycles. The third-order valence-electron chi connectivity index (χ3n) is 5.20. The van der Waals surface area contributed by atoms with E-state index in [-0.39, 0.29) is 0 Å². The van der Waals surface area contributed by atoms with Crippen LogP contribution in [0.25, 0.3) is 0 Å². The third kappa shape index (κ3) is 5.19. The van der Waals surface area contributed by atoms with Gasteiger partial charge >= 0.3 is 0 Å². The van der Waals surface area contributed by atoms with Gasteiger partial charge in [0.15, 0.2) is 5.96 Å². The second-order valence-electron chi connectivity index (χ2n) is 7.68. The first-order valence-electron chi connectivity index (χ1n) is 9.53. The maximum Gasteiger partial charge on any atom is 0.191 e. The topological polar surface area (TPSA) is 54.1 Å². The van der Waals surface area contributed by atoms with Gasteiger partial charge < -0.3 is 15.4 Å². The summed E-state index contributed by atoms with van der Waals surface area (Å²) in [7, 11) is 0. The first-order valence-corrected chi connectivity index (χ1v) is 9.53. The fourth-order valence-corrected chi connectivity index (χ4v) is 4.09. The van der Waals surface area contributed by atoms with E-state index in [0.717, 1.165) is 44.7 Å². The monoisotopic (exact) mass is 344 g/mol. The predicted octanol–water partition coefficient (Wildman–Crippen LogP) is 2.31. The zero-order valence-corrected chi connectivity index (χ0v) is 15.7. The molecule has 2 aliphatic rings. The van der Waals surface area contributed by atoms with Crippen LogP contribution >= 0.6 is 0 Å². The van der Waals surface area contributed by atoms with E-state index in [0.29, 0.717) is 12.5 Å². The molecule has 2 saturated heterocycles. The molecule has 2 aliphatic heterocycles. The van der Waals surface area contributed by atoms with E-state index in [4.69, 9.17) is 10.5 Å². The van der Waals surface area contributed by atoms with E-state index in [1.165, 1.54) is 30.6 Å². The number of hydrogen-bond acceptors (Lipinski definition) is 3. The smallest absolute Gasteiger partial charge is 0.191 e. The van der Waals surface area contributed by atoms with Gasteiger partial charge in [0.2, 0.25) is 0 Å². The van der Waals surface area contributed by atoms with E-state index in [2.05, 4.69) is 52.9 Å². The molecule has 1 aromatic carbocycles. The van der Waals surface area contributed by atoms with Crippen molar-refractivity contribution in [2.24, 2.45) is 22.6 Å². The Morgan fingerprint density at radius 1 is 1.12 bits per heavy atom. The minimum Gasteiger partial charge on any atom is -0.378 e. The number of rotatable bonds is 4. The largest absolute Gasteiger partial charge is 0.378 e. The number of nitrogens with zero attached hydrogens (tertiary/aromatic N) is 3. The van der Waals surface area contributed by atoms with Gasteiger partial charge in [-0.3, -0.25) is 4.90 Å². The average Bonchev–Trinajstić information content (AvgIpc) is 2.60. The molecule has 3 rings (SSSR count). The molecule has 0 aliphatic carbocycles. The number of nitrogens with two attached hydrogens (primary N) is 1. The van der Waals surface area contributed by atoms with Crippen LogP contribution in [-0.2, 0) is 17.8 Å². The van der Waals surface area contributed by atoms with Crippen molar-refractivity contribution >= 4 is 5.96 Å². The summed E-state index contributed by atoms with van der Waals surface area (Å²) in [4.78, 5) is 9.35. The molecule has 0 spiro atoms. The minimum atomic E-state index is 0.637. The number of piperidine rings is 1. The number of morpholine rings is 1. The Morgan fingerprint density at radius 3 is 2.44 bits per heavy atom. The van der Waals surface area contributed by atoms with Crippen molar-refractivity contribution < 1.29 is 4.74 Å². The lowest BCUT2D eigenvalue weighted by atomic mass is 9.91. The zero-order chi connectivity index (χ0) is 17.6. The highest BCUT2D eigenvalue weighted by molar-refractivity contribution is 5.78. The van der Waals surface area contributed by atoms with Gasteiger partial charge in [-0.05, 0) is 29.4 Å². The molecule has 138 valence electrons. The second kappa shape index (κ2) is 8.68. The van der Waals surface area contributed by atoms with E-state index in [1.807, 2.05) is 0 Å². The van der Waals surface area contributed by atoms with E-state index < -0.39 is 0 Å². The van der Waals surface area contributed by atoms with Crippen LogP contribution in [0.3, 0.4) is 0 Å². The van der Waals surface area contributed by atoms with Crippen molar-refractivity contribution in [3.05, 3.63) is 35.4 Å². The summed E-state index contributed by atoms with van der Waals surface area (Å²) in [5.74, 6) is 2.20. The predicted molar refractivity (Wildman–Crippen MR) is 102 cm³/mol. The molecule has 2 N–H and O–H groups in total. The molecule has 0 amide bonds. The summed E-state index contributed by atoms with van der Waals surface area (Å²) < 4.78 is 5.38. The van der Waals surface area contributed by atoms with Gasteiger partial charge in [-0.2, -0.15) is 0 Å². The van der Waals surface area contributed by atoms with E-state index >= 15 is 0 Å². The van der Waals surface area contributed by atoms with Gasteiger partial charge in [0, 0.05) is 32.7 Å². The van der Waals surface area contributed by atoms with Crippen molar-refractivity contribution in [3.8, 4) is 0 Å². The Morgan fingerprint density at radius 2 is 1.76 bits per heavy atom. The lowest BCUT2D eigenvalue weighted by Crippen LogP contribution is -2.44. The molecular weight excluding hydrogens is 312 g/mol. The first kappa shape index (κ1) is 18.2. The van der Waals surface area contributed by atoms with Crippen LogP contribution < -0.4 is 5.73 Å². The highest BCUT2D eigenvalue weighted by Gasteiger charge is 2.22. The Labute approximate surface area is 151 Å². The summed E-state index contributed by atoms with van der Waals surface area (Å²) in [6.07, 6.45) is 1.35. The molecule has 2 atom stereocenters. The minimum absolute atomic E-state index is 0.637. The van der Waals surface area contributed by atoms with Crippen molar-refractivity contribution in [1.29, 1.82) is 0 Å². The van der Waals surface area contributed by atoms with Gasteiger partial charge in [0.1, 0.15) is 0 Å². The lowest BCUT2D eigenvalue weighted by molar-refractivity contribution is 0.0674. The lowest BCUT2D eigenvalue weighted by Gasteiger charge is -2.35. The highest BCUT2D eigenvalue weighted by Crippen LogP contribution is 2.23. The molecule has 0 bridgehead atoms. The molecule has 0 saturated carbocycles. The summed E-state index contributed by atoms with van der Waals surface area (Å²) in [6.45, 7) is 11.9. The van der Waals surface area contributed by atoms with Crippen LogP contribution in [0.5, 0.6) is 0 Å². The molecular formula is C20H32N4O. The van der Waals surface area contributed by atoms with Crippen molar-refractivity contribution in [3.63, 3.8) is 0 Å². The number of ether oxygens (including phenoxy) is 1. The Hall–Kier alpha value is -1.59. The summed E-state index contributed by atoms with van der Waals surface area (Å²) in [5.41, 5.74) is 8.84. The van der Waals surface area contributed by atoms with E-state index in [9.17, 15) is 0 Å². The molecule has 1 aromatic rings. The summed E-state index contributed by atoms with van der Waals surface area (Å²) in [6, 6.07) is 8.65. The Kier molecular flexibility index (Phi) is 6.32. The molecule has 25 heavy (non-hydrogen) atoms. The first-order chi connectivity index (χ1) is 12.1. The van der Waals surface area contributed by atoms with Crippen LogP contribution in [0, 0.1) is 11.8 Å². The highest BCUT2D eigenvalue weighted by atomic mass is 16.5. The average molecular weight is 345 g/mol. The van der Waals surface area contributed by atoms with Gasteiger partial charge in [0.05, 0.1) is 19.8 Å². The fourth-order valence-electron chi connectivity index (χ4n) is 4.09. The van der Waals surface area contributed by atoms with Gasteiger partial charge in [-0.25, -0.2) is 4.99 Å². The van der Waals surface area contributed by atoms with Crippen LogP contribution in [0.4, 0.5) is 0 Å². The molecule has 2 fully saturated rings. The molecule has 0 aromatic heterocycles. The SMILES string of the molecule is CC1CC(C)CN(Cc2ccccc2CN=C(N)N2CCOCC2)C1. The Bertz CT molecular complexity index is 573. The van der Waals surface area contributed by atoms with Crippen molar-refractivity contribution in [1.82, 2.24) is 9.80 Å². The fraction of sp³-hybridized carbons (Fsp3) is 0.650. The maximum absolute atomic E-state index is 6.18. The summed E-state index contributed by atoms with van der Waals surface area (Å²) in [5, 5.41) is 0. The molecule has 0 radical (unpaired) electrons. The number of guanidine groups is 1. The number of hydrogen-bond donors (Lipinski definition) is 1. The second-order valence-corrected chi connectivity index (χ2v) is 7.68. The zero-order valence-electron chi connectivity index (χ0n) is 15.7. The third-order valence-corrected chi connectivity index (χ3v) is 5.20. The van der Waals surface area contributed by atoms with Crippen LogP contribution in [0.2, 0.25) is 0 Å². The standard InChI is InChI=1S/C20H32N4O/c1-16-11-17(2)14-23(13-16)15-19-6-4-3-5-18(19)12-22-20(21)24-7-9-25-10-8-24/h3-6,16-17H,7-15H2,1-2H3,(H2,21,22). The summed E-state index contributed by atoms with van der Waals surface area (Å²) >= 11 is 0. The van der Waals surface area contributed by atoms with Crippen LogP contribution in [0.1, 0.15) is 31.4 Å². The molecule has 5 heteroatoms. The maximum atomic E-state index is 6.18. The molecule has 5 nitrogen and oxygen atoms in total. The quantitative estimate of drug-likeness (QED) is 0.673. The number of likely N-dealkylation sites (tertiary alicyclic amines) is 1. The van der Waals surface area contributed by atoms with Gasteiger partial charge in [-0.1, -0.05) is 38.1 Å². The molecule has 2 unspecified atom stereocenters. The van der Waals surface area contributed by atoms with Gasteiger partial charge in [-0.15, -0.1) is 0 Å². The van der Waals surface area contributed by atoms with Gasteiger partial charge in [0.25, 0.3) is 0 Å². The van der Waals surface area contributed by atoms with E-state index in [1.54, 1.807) is 0 Å².